The topological polar surface area (TPSA) is 58.4 Å². The second kappa shape index (κ2) is 9.70. The molecule has 0 radical (unpaired) electrons. The smallest absolute Gasteiger partial charge is 0.248 e. The summed E-state index contributed by atoms with van der Waals surface area (Å²) in [6, 6.07) is 9.42. The highest BCUT2D eigenvalue weighted by atomic mass is 16.1. The SMILES string of the molecule is CCC(CC)CNCCCN1[C@@H]2CC[C@H]1CC(c1cccc(C(N)=O)c1)C2. The first-order valence-corrected chi connectivity index (χ1v) is 11.0. The number of carbonyl (C=O) groups excluding carboxylic acids is 1. The van der Waals surface area contributed by atoms with Crippen molar-refractivity contribution in [3.05, 3.63) is 35.4 Å². The van der Waals surface area contributed by atoms with E-state index in [1.807, 2.05) is 18.2 Å². The first kappa shape index (κ1) is 20.3. The van der Waals surface area contributed by atoms with Gasteiger partial charge in [0.15, 0.2) is 0 Å². The first-order valence-electron chi connectivity index (χ1n) is 11.0. The number of primary amides is 1. The van der Waals surface area contributed by atoms with E-state index in [1.54, 1.807) is 0 Å². The van der Waals surface area contributed by atoms with E-state index in [0.29, 0.717) is 23.6 Å². The lowest BCUT2D eigenvalue weighted by atomic mass is 9.84. The molecule has 2 heterocycles. The van der Waals surface area contributed by atoms with Gasteiger partial charge in [0.2, 0.25) is 5.91 Å². The Balaban J connectivity index is 1.48. The molecule has 2 aliphatic heterocycles. The Hall–Kier alpha value is -1.39. The van der Waals surface area contributed by atoms with Crippen LogP contribution in [0.2, 0.25) is 0 Å². The van der Waals surface area contributed by atoms with Crippen LogP contribution in [0.3, 0.4) is 0 Å². The van der Waals surface area contributed by atoms with Gasteiger partial charge >= 0.3 is 0 Å². The zero-order chi connectivity index (χ0) is 19.2. The number of amides is 1. The Labute approximate surface area is 164 Å². The third kappa shape index (κ3) is 5.11. The third-order valence-electron chi connectivity index (χ3n) is 6.88. The number of nitrogens with two attached hydrogens (primary N) is 1. The lowest BCUT2D eigenvalue weighted by Crippen LogP contribution is -2.43. The third-order valence-corrected chi connectivity index (χ3v) is 6.88. The minimum atomic E-state index is -0.321. The number of hydrogen-bond acceptors (Lipinski definition) is 3. The van der Waals surface area contributed by atoms with E-state index in [1.165, 1.54) is 57.1 Å². The molecule has 1 aromatic carbocycles. The molecule has 4 nitrogen and oxygen atoms in total. The molecule has 2 aliphatic rings. The van der Waals surface area contributed by atoms with Crippen LogP contribution in [-0.2, 0) is 0 Å². The molecule has 3 N–H and O–H groups in total. The number of hydrogen-bond donors (Lipinski definition) is 2. The van der Waals surface area contributed by atoms with Crippen LogP contribution in [0.4, 0.5) is 0 Å². The van der Waals surface area contributed by atoms with Crippen molar-refractivity contribution >= 4 is 5.91 Å². The number of nitrogens with one attached hydrogen (secondary N) is 1. The molecule has 27 heavy (non-hydrogen) atoms. The van der Waals surface area contributed by atoms with E-state index in [-0.39, 0.29) is 5.91 Å². The molecule has 3 rings (SSSR count). The van der Waals surface area contributed by atoms with Gasteiger partial charge in [0.1, 0.15) is 0 Å². The molecule has 3 atom stereocenters. The minimum Gasteiger partial charge on any atom is -0.366 e. The summed E-state index contributed by atoms with van der Waals surface area (Å²) in [6.07, 6.45) is 8.90. The maximum atomic E-state index is 11.5. The molecule has 150 valence electrons. The van der Waals surface area contributed by atoms with Gasteiger partial charge < -0.3 is 11.1 Å². The van der Waals surface area contributed by atoms with E-state index < -0.39 is 0 Å². The van der Waals surface area contributed by atoms with Crippen LogP contribution in [0, 0.1) is 5.92 Å². The van der Waals surface area contributed by atoms with Gasteiger partial charge in [-0.3, -0.25) is 9.69 Å². The molecule has 0 spiro atoms. The molecule has 2 fully saturated rings. The van der Waals surface area contributed by atoms with Crippen LogP contribution in [0.5, 0.6) is 0 Å². The van der Waals surface area contributed by atoms with Crippen LogP contribution in [0.1, 0.15) is 80.6 Å². The highest BCUT2D eigenvalue weighted by Crippen LogP contribution is 2.43. The molecule has 1 aromatic rings. The molecule has 0 aliphatic carbocycles. The Morgan fingerprint density at radius 1 is 1.22 bits per heavy atom. The fraction of sp³-hybridized carbons (Fsp3) is 0.696. The molecule has 2 saturated heterocycles. The van der Waals surface area contributed by atoms with E-state index in [9.17, 15) is 4.79 Å². The average molecular weight is 372 g/mol. The Kier molecular flexibility index (Phi) is 7.31. The van der Waals surface area contributed by atoms with Crippen molar-refractivity contribution in [3.63, 3.8) is 0 Å². The fourth-order valence-electron chi connectivity index (χ4n) is 5.13. The van der Waals surface area contributed by atoms with Crippen molar-refractivity contribution in [1.29, 1.82) is 0 Å². The van der Waals surface area contributed by atoms with Crippen molar-refractivity contribution in [2.24, 2.45) is 11.7 Å². The van der Waals surface area contributed by atoms with Crippen LogP contribution in [0.25, 0.3) is 0 Å². The van der Waals surface area contributed by atoms with Crippen molar-refractivity contribution in [2.75, 3.05) is 19.6 Å². The summed E-state index contributed by atoms with van der Waals surface area (Å²) in [5.74, 6) is 1.08. The largest absolute Gasteiger partial charge is 0.366 e. The van der Waals surface area contributed by atoms with Crippen LogP contribution < -0.4 is 11.1 Å². The molecule has 0 aromatic heterocycles. The molecule has 2 bridgehead atoms. The first-order chi connectivity index (χ1) is 13.1. The van der Waals surface area contributed by atoms with Gasteiger partial charge in [-0.25, -0.2) is 0 Å². The number of piperidine rings is 1. The molecule has 1 amide bonds. The minimum absolute atomic E-state index is 0.321. The van der Waals surface area contributed by atoms with E-state index in [2.05, 4.69) is 30.1 Å². The number of benzene rings is 1. The molecule has 1 unspecified atom stereocenters. The van der Waals surface area contributed by atoms with Crippen molar-refractivity contribution < 1.29 is 4.79 Å². The van der Waals surface area contributed by atoms with Gasteiger partial charge in [-0.2, -0.15) is 0 Å². The van der Waals surface area contributed by atoms with Gasteiger partial charge in [-0.05, 0) is 81.3 Å². The van der Waals surface area contributed by atoms with Crippen molar-refractivity contribution in [2.45, 2.75) is 76.8 Å². The summed E-state index contributed by atoms with van der Waals surface area (Å²) in [7, 11) is 0. The number of fused-ring (bicyclic) bond motifs is 2. The summed E-state index contributed by atoms with van der Waals surface area (Å²) in [4.78, 5) is 14.3. The summed E-state index contributed by atoms with van der Waals surface area (Å²) >= 11 is 0. The quantitative estimate of drug-likeness (QED) is 0.613. The predicted octanol–water partition coefficient (Wildman–Crippen LogP) is 3.91. The summed E-state index contributed by atoms with van der Waals surface area (Å²) < 4.78 is 0. The van der Waals surface area contributed by atoms with Crippen LogP contribution in [-0.4, -0.2) is 42.5 Å². The maximum absolute atomic E-state index is 11.5. The predicted molar refractivity (Wildman–Crippen MR) is 112 cm³/mol. The van der Waals surface area contributed by atoms with Crippen LogP contribution >= 0.6 is 0 Å². The molecule has 4 heteroatoms. The standard InChI is InChI=1S/C23H37N3O/c1-3-17(4-2)16-25-11-6-12-26-21-9-10-22(26)15-20(14-21)18-7-5-8-19(13-18)23(24)27/h5,7-8,13,17,20-22,25H,3-4,6,9-12,14-16H2,1-2H3,(H2,24,27)/t20?,21-,22+. The Morgan fingerprint density at radius 2 is 1.93 bits per heavy atom. The number of nitrogens with zero attached hydrogens (tertiary/aromatic N) is 1. The van der Waals surface area contributed by atoms with E-state index >= 15 is 0 Å². The maximum Gasteiger partial charge on any atom is 0.248 e. The lowest BCUT2D eigenvalue weighted by Gasteiger charge is -2.39. The second-order valence-electron chi connectivity index (χ2n) is 8.52. The van der Waals surface area contributed by atoms with Gasteiger partial charge in [0.05, 0.1) is 0 Å². The second-order valence-corrected chi connectivity index (χ2v) is 8.52. The van der Waals surface area contributed by atoms with Crippen LogP contribution in [0.15, 0.2) is 24.3 Å². The summed E-state index contributed by atoms with van der Waals surface area (Å²) in [6.45, 7) is 8.10. The number of rotatable bonds is 10. The molecular formula is C23H37N3O. The zero-order valence-corrected chi connectivity index (χ0v) is 17.1. The average Bonchev–Trinajstić information content (AvgIpc) is 2.92. The fourth-order valence-corrected chi connectivity index (χ4v) is 5.13. The van der Waals surface area contributed by atoms with Gasteiger partial charge in [-0.1, -0.05) is 38.8 Å². The number of carbonyl (C=O) groups is 1. The van der Waals surface area contributed by atoms with E-state index in [4.69, 9.17) is 5.73 Å². The molecular weight excluding hydrogens is 334 g/mol. The summed E-state index contributed by atoms with van der Waals surface area (Å²) in [5.41, 5.74) is 7.41. The lowest BCUT2D eigenvalue weighted by molar-refractivity contribution is 0.1000. The van der Waals surface area contributed by atoms with Gasteiger partial charge in [-0.15, -0.1) is 0 Å². The van der Waals surface area contributed by atoms with E-state index in [0.717, 1.165) is 19.0 Å². The van der Waals surface area contributed by atoms with Crippen molar-refractivity contribution in [3.8, 4) is 0 Å². The van der Waals surface area contributed by atoms with Gasteiger partial charge in [0, 0.05) is 17.6 Å². The molecule has 0 saturated carbocycles. The monoisotopic (exact) mass is 371 g/mol. The highest BCUT2D eigenvalue weighted by molar-refractivity contribution is 5.92. The summed E-state index contributed by atoms with van der Waals surface area (Å²) in [5, 5.41) is 3.66. The Morgan fingerprint density at radius 3 is 2.56 bits per heavy atom. The van der Waals surface area contributed by atoms with Gasteiger partial charge in [0.25, 0.3) is 0 Å². The normalized spacial score (nSPS) is 25.2. The zero-order valence-electron chi connectivity index (χ0n) is 17.1. The highest BCUT2D eigenvalue weighted by Gasteiger charge is 2.40. The Bertz CT molecular complexity index is 599. The van der Waals surface area contributed by atoms with Crippen molar-refractivity contribution in [1.82, 2.24) is 10.2 Å².